The van der Waals surface area contributed by atoms with E-state index < -0.39 is 11.4 Å². The molecule has 2 N–H and O–H groups in total. The Bertz CT molecular complexity index is 567. The topological polar surface area (TPSA) is 73.1 Å². The Balaban J connectivity index is 2.15. The highest BCUT2D eigenvalue weighted by atomic mass is 16.4. The molecule has 112 valence electrons. The van der Waals surface area contributed by atoms with E-state index in [2.05, 4.69) is 18.3 Å². The highest BCUT2D eigenvalue weighted by molar-refractivity contribution is 5.76. The first-order chi connectivity index (χ1) is 9.97. The van der Waals surface area contributed by atoms with Crippen LogP contribution in [0.1, 0.15) is 43.7 Å². The molecule has 0 unspecified atom stereocenters. The second-order valence-electron chi connectivity index (χ2n) is 6.28. The van der Waals surface area contributed by atoms with Crippen molar-refractivity contribution in [2.45, 2.75) is 39.5 Å². The molecule has 2 rings (SSSR count). The molecule has 1 fully saturated rings. The molecule has 4 nitrogen and oxygen atoms in total. The molecular weight excluding hydrogens is 264 g/mol. The van der Waals surface area contributed by atoms with Crippen LogP contribution in [-0.4, -0.2) is 17.6 Å². The summed E-state index contributed by atoms with van der Waals surface area (Å²) in [4.78, 5) is 11.7. The lowest BCUT2D eigenvalue weighted by molar-refractivity contribution is -0.150. The first-order valence-corrected chi connectivity index (χ1v) is 7.45. The van der Waals surface area contributed by atoms with Gasteiger partial charge in [0.15, 0.2) is 0 Å². The summed E-state index contributed by atoms with van der Waals surface area (Å²) in [5.41, 5.74) is 1.64. The lowest BCUT2D eigenvalue weighted by atomic mass is 9.70. The van der Waals surface area contributed by atoms with E-state index in [-0.39, 0.29) is 0 Å². The quantitative estimate of drug-likeness (QED) is 0.887. The van der Waals surface area contributed by atoms with Gasteiger partial charge in [-0.1, -0.05) is 13.0 Å². The van der Waals surface area contributed by atoms with Crippen LogP contribution in [0.25, 0.3) is 0 Å². The number of rotatable bonds is 4. The lowest BCUT2D eigenvalue weighted by Crippen LogP contribution is -2.41. The van der Waals surface area contributed by atoms with E-state index in [4.69, 9.17) is 5.26 Å². The highest BCUT2D eigenvalue weighted by Gasteiger charge is 2.41. The zero-order valence-corrected chi connectivity index (χ0v) is 12.6. The van der Waals surface area contributed by atoms with Gasteiger partial charge in [-0.15, -0.1) is 0 Å². The normalized spacial score (nSPS) is 25.1. The Morgan fingerprint density at radius 3 is 2.71 bits per heavy atom. The zero-order chi connectivity index (χ0) is 15.5. The third-order valence-electron chi connectivity index (χ3n) is 4.60. The lowest BCUT2D eigenvalue weighted by Gasteiger charge is -2.36. The maximum absolute atomic E-state index is 11.7. The minimum atomic E-state index is -0.729. The van der Waals surface area contributed by atoms with Crippen LogP contribution in [0.15, 0.2) is 18.2 Å². The first-order valence-electron chi connectivity index (χ1n) is 7.45. The molecule has 0 spiro atoms. The van der Waals surface area contributed by atoms with Crippen LogP contribution in [0.2, 0.25) is 0 Å². The average molecular weight is 286 g/mol. The molecule has 0 amide bonds. The number of nitrogens with zero attached hydrogens (tertiary/aromatic N) is 1. The fraction of sp³-hybridized carbons (Fsp3) is 0.529. The van der Waals surface area contributed by atoms with Gasteiger partial charge in [0.05, 0.1) is 16.7 Å². The summed E-state index contributed by atoms with van der Waals surface area (Å²) >= 11 is 0. The van der Waals surface area contributed by atoms with Gasteiger partial charge < -0.3 is 10.4 Å². The van der Waals surface area contributed by atoms with Gasteiger partial charge in [-0.05, 0) is 56.2 Å². The predicted molar refractivity (Wildman–Crippen MR) is 82.1 cm³/mol. The van der Waals surface area contributed by atoms with Crippen LogP contribution in [0, 0.1) is 29.6 Å². The van der Waals surface area contributed by atoms with Crippen LogP contribution in [0.3, 0.4) is 0 Å². The zero-order valence-electron chi connectivity index (χ0n) is 12.6. The van der Waals surface area contributed by atoms with E-state index in [0.717, 1.165) is 24.1 Å². The minimum absolute atomic E-state index is 0.382. The number of benzene rings is 1. The van der Waals surface area contributed by atoms with Gasteiger partial charge in [0, 0.05) is 6.54 Å². The summed E-state index contributed by atoms with van der Waals surface area (Å²) in [6.07, 6.45) is 3.30. The molecule has 0 aliphatic heterocycles. The molecule has 0 atom stereocenters. The Morgan fingerprint density at radius 2 is 2.14 bits per heavy atom. The van der Waals surface area contributed by atoms with Crippen molar-refractivity contribution in [1.82, 2.24) is 0 Å². The molecule has 1 aliphatic carbocycles. The summed E-state index contributed by atoms with van der Waals surface area (Å²) in [5.74, 6) is -0.126. The van der Waals surface area contributed by atoms with E-state index in [1.54, 1.807) is 6.07 Å². The van der Waals surface area contributed by atoms with E-state index in [1.165, 1.54) is 0 Å². The Labute approximate surface area is 125 Å². The number of carboxylic acids is 1. The molecule has 0 radical (unpaired) electrons. The van der Waals surface area contributed by atoms with Crippen molar-refractivity contribution in [3.8, 4) is 6.07 Å². The van der Waals surface area contributed by atoms with E-state index in [1.807, 2.05) is 19.1 Å². The number of nitriles is 1. The van der Waals surface area contributed by atoms with Crippen molar-refractivity contribution in [2.75, 3.05) is 11.9 Å². The molecule has 1 aromatic carbocycles. The second kappa shape index (κ2) is 6.17. The van der Waals surface area contributed by atoms with Gasteiger partial charge in [-0.2, -0.15) is 5.26 Å². The monoisotopic (exact) mass is 286 g/mol. The number of hydrogen-bond donors (Lipinski definition) is 2. The molecular formula is C17H22N2O2. The Kier molecular flexibility index (Phi) is 4.52. The summed E-state index contributed by atoms with van der Waals surface area (Å²) in [6, 6.07) is 7.71. The second-order valence-corrected chi connectivity index (χ2v) is 6.28. The summed E-state index contributed by atoms with van der Waals surface area (Å²) in [5, 5.41) is 22.0. The van der Waals surface area contributed by atoms with E-state index >= 15 is 0 Å². The van der Waals surface area contributed by atoms with Crippen molar-refractivity contribution in [3.63, 3.8) is 0 Å². The summed E-state index contributed by atoms with van der Waals surface area (Å²) in [7, 11) is 0. The van der Waals surface area contributed by atoms with Gasteiger partial charge in [0.1, 0.15) is 6.07 Å². The summed E-state index contributed by atoms with van der Waals surface area (Å²) in [6.45, 7) is 4.52. The predicted octanol–water partition coefficient (Wildman–Crippen LogP) is 3.56. The molecule has 0 bridgehead atoms. The van der Waals surface area contributed by atoms with Crippen molar-refractivity contribution in [2.24, 2.45) is 11.3 Å². The number of aliphatic carboxylic acids is 1. The molecule has 4 heteroatoms. The average Bonchev–Trinajstić information content (AvgIpc) is 2.47. The third kappa shape index (κ3) is 3.36. The van der Waals surface area contributed by atoms with Crippen molar-refractivity contribution < 1.29 is 9.90 Å². The Morgan fingerprint density at radius 1 is 1.48 bits per heavy atom. The largest absolute Gasteiger partial charge is 0.481 e. The molecule has 21 heavy (non-hydrogen) atoms. The smallest absolute Gasteiger partial charge is 0.311 e. The number of anilines is 1. The van der Waals surface area contributed by atoms with Crippen molar-refractivity contribution in [1.29, 1.82) is 5.26 Å². The fourth-order valence-corrected chi connectivity index (χ4v) is 2.95. The number of carboxylic acid groups (broad SMARTS) is 1. The van der Waals surface area contributed by atoms with E-state index in [0.29, 0.717) is 30.9 Å². The van der Waals surface area contributed by atoms with Crippen LogP contribution in [-0.2, 0) is 4.79 Å². The highest BCUT2D eigenvalue weighted by Crippen LogP contribution is 2.39. The molecule has 0 heterocycles. The third-order valence-corrected chi connectivity index (χ3v) is 4.60. The Hall–Kier alpha value is -2.02. The van der Waals surface area contributed by atoms with Gasteiger partial charge in [0.25, 0.3) is 0 Å². The standard InChI is InChI=1S/C17H22N2O2/c1-12-5-7-17(8-6-12,16(20)21)11-19-15-9-13(2)3-4-14(15)10-18/h3-4,9,12,19H,5-8,11H2,1-2H3,(H,20,21). The molecule has 1 saturated carbocycles. The molecule has 1 aromatic rings. The van der Waals surface area contributed by atoms with Gasteiger partial charge >= 0.3 is 5.97 Å². The SMILES string of the molecule is Cc1ccc(C#N)c(NCC2(C(=O)O)CCC(C)CC2)c1. The minimum Gasteiger partial charge on any atom is -0.481 e. The molecule has 1 aliphatic rings. The number of carbonyl (C=O) groups is 1. The fourth-order valence-electron chi connectivity index (χ4n) is 2.95. The van der Waals surface area contributed by atoms with Gasteiger partial charge in [-0.3, -0.25) is 4.79 Å². The van der Waals surface area contributed by atoms with Crippen LogP contribution in [0.5, 0.6) is 0 Å². The number of nitrogens with one attached hydrogen (secondary N) is 1. The van der Waals surface area contributed by atoms with Crippen molar-refractivity contribution >= 4 is 11.7 Å². The first kappa shape index (κ1) is 15.4. The van der Waals surface area contributed by atoms with Crippen LogP contribution < -0.4 is 5.32 Å². The maximum atomic E-state index is 11.7. The van der Waals surface area contributed by atoms with Gasteiger partial charge in [-0.25, -0.2) is 0 Å². The van der Waals surface area contributed by atoms with Crippen LogP contribution in [0.4, 0.5) is 5.69 Å². The maximum Gasteiger partial charge on any atom is 0.311 e. The number of hydrogen-bond acceptors (Lipinski definition) is 3. The van der Waals surface area contributed by atoms with Crippen LogP contribution >= 0.6 is 0 Å². The van der Waals surface area contributed by atoms with Gasteiger partial charge in [0.2, 0.25) is 0 Å². The van der Waals surface area contributed by atoms with Crippen molar-refractivity contribution in [3.05, 3.63) is 29.3 Å². The van der Waals surface area contributed by atoms with E-state index in [9.17, 15) is 9.90 Å². The summed E-state index contributed by atoms with van der Waals surface area (Å²) < 4.78 is 0. The number of aryl methyl sites for hydroxylation is 1. The molecule has 0 saturated heterocycles. The molecule has 0 aromatic heterocycles.